The van der Waals surface area contributed by atoms with E-state index in [0.717, 1.165) is 33.6 Å². The van der Waals surface area contributed by atoms with Gasteiger partial charge in [-0.15, -0.1) is 0 Å². The smallest absolute Gasteiger partial charge is 0.407 e. The van der Waals surface area contributed by atoms with Gasteiger partial charge < -0.3 is 39.3 Å². The lowest BCUT2D eigenvalue weighted by atomic mass is 9.97. The summed E-state index contributed by atoms with van der Waals surface area (Å²) in [5, 5.41) is 21.0. The number of piperazine rings is 1. The molecule has 0 spiro atoms. The van der Waals surface area contributed by atoms with Crippen LogP contribution < -0.4 is 19.3 Å². The molecule has 1 aliphatic heterocycles. The van der Waals surface area contributed by atoms with Crippen LogP contribution in [0, 0.1) is 0 Å². The number of ether oxygens (including phenoxy) is 2. The molecular formula is C44H54N6O8. The zero-order valence-corrected chi connectivity index (χ0v) is 34.1. The number of nitrogens with zero attached hydrogens (tertiary/aromatic N) is 6. The van der Waals surface area contributed by atoms with Crippen LogP contribution in [-0.2, 0) is 22.4 Å². The lowest BCUT2D eigenvalue weighted by Gasteiger charge is -2.37. The summed E-state index contributed by atoms with van der Waals surface area (Å²) in [4.78, 5) is 62.2. The molecule has 0 radical (unpaired) electrons. The molecule has 1 heterocycles. The van der Waals surface area contributed by atoms with Crippen molar-refractivity contribution in [3.05, 3.63) is 119 Å². The van der Waals surface area contributed by atoms with Crippen LogP contribution in [0.15, 0.2) is 97.1 Å². The summed E-state index contributed by atoms with van der Waals surface area (Å²) in [6, 6.07) is 29.1. The lowest BCUT2D eigenvalue weighted by Crippen LogP contribution is -2.56. The fourth-order valence-electron chi connectivity index (χ4n) is 7.16. The average molecular weight is 795 g/mol. The molecule has 308 valence electrons. The minimum atomic E-state index is -1.16. The number of amides is 4. The second-order valence-corrected chi connectivity index (χ2v) is 14.7. The molecule has 2 atom stereocenters. The number of carboxylic acid groups (broad SMARTS) is 2. The van der Waals surface area contributed by atoms with Crippen molar-refractivity contribution in [3.8, 4) is 11.5 Å². The Kier molecular flexibility index (Phi) is 14.4. The van der Waals surface area contributed by atoms with Gasteiger partial charge in [0.25, 0.3) is 0 Å². The van der Waals surface area contributed by atoms with E-state index in [0.29, 0.717) is 24.3 Å². The third kappa shape index (κ3) is 10.9. The molecule has 1 saturated heterocycles. The van der Waals surface area contributed by atoms with Gasteiger partial charge in [-0.25, -0.2) is 9.59 Å². The minimum Gasteiger partial charge on any atom is -0.497 e. The predicted molar refractivity (Wildman–Crippen MR) is 223 cm³/mol. The fourth-order valence-corrected chi connectivity index (χ4v) is 7.16. The summed E-state index contributed by atoms with van der Waals surface area (Å²) in [7, 11) is 10.9. The molecule has 14 nitrogen and oxygen atoms in total. The first-order chi connectivity index (χ1) is 27.8. The van der Waals surface area contributed by atoms with Crippen molar-refractivity contribution in [2.24, 2.45) is 0 Å². The molecule has 5 rings (SSSR count). The van der Waals surface area contributed by atoms with E-state index >= 15 is 0 Å². The maximum Gasteiger partial charge on any atom is 0.407 e. The molecule has 1 fully saturated rings. The number of hydrogen-bond acceptors (Lipinski definition) is 8. The number of methoxy groups -OCH3 is 2. The largest absolute Gasteiger partial charge is 0.497 e. The van der Waals surface area contributed by atoms with Gasteiger partial charge >= 0.3 is 12.2 Å². The summed E-state index contributed by atoms with van der Waals surface area (Å²) >= 11 is 0. The van der Waals surface area contributed by atoms with Gasteiger partial charge in [0.1, 0.15) is 11.5 Å². The van der Waals surface area contributed by atoms with Crippen molar-refractivity contribution in [1.82, 2.24) is 19.6 Å². The van der Waals surface area contributed by atoms with E-state index in [9.17, 15) is 29.4 Å². The van der Waals surface area contributed by atoms with E-state index in [4.69, 9.17) is 9.47 Å². The molecule has 4 amide bonds. The first-order valence-electron chi connectivity index (χ1n) is 19.1. The van der Waals surface area contributed by atoms with E-state index in [1.807, 2.05) is 123 Å². The number of carbonyl (C=O) groups excluding carboxylic acids is 2. The van der Waals surface area contributed by atoms with E-state index in [1.165, 1.54) is 19.6 Å². The number of rotatable bonds is 18. The standard InChI is InChI=1S/C44H54N6O8/c1-45(2)35-17-13-31(14-18-35)25-39(33-9-7-11-37(27-33)57-5)49(43(53)54)23-21-47-29-42(52)48(30-41(47)51)22-24-50(44(55)56)40(34-10-8-12-38(28-34)58-6)26-32-15-19-36(20-16-32)46(3)4/h7-20,27-28,39-40H,21-26,29-30H2,1-6H3,(H,53,54)(H,55,56). The summed E-state index contributed by atoms with van der Waals surface area (Å²) < 4.78 is 10.9. The van der Waals surface area contributed by atoms with Gasteiger partial charge in [-0.3, -0.25) is 19.4 Å². The van der Waals surface area contributed by atoms with Crippen molar-refractivity contribution in [2.75, 3.05) is 91.5 Å². The van der Waals surface area contributed by atoms with Crippen molar-refractivity contribution in [3.63, 3.8) is 0 Å². The molecule has 4 aromatic rings. The lowest BCUT2D eigenvalue weighted by molar-refractivity contribution is -0.150. The van der Waals surface area contributed by atoms with Gasteiger partial charge in [0.2, 0.25) is 11.8 Å². The number of anilines is 2. The van der Waals surface area contributed by atoms with E-state index in [2.05, 4.69) is 0 Å². The summed E-state index contributed by atoms with van der Waals surface area (Å²) in [6.07, 6.45) is -1.59. The van der Waals surface area contributed by atoms with Crippen LogP contribution in [0.1, 0.15) is 34.3 Å². The van der Waals surface area contributed by atoms with Gasteiger partial charge in [0.05, 0.1) is 39.4 Å². The van der Waals surface area contributed by atoms with Crippen LogP contribution in [0.25, 0.3) is 0 Å². The Morgan fingerprint density at radius 2 is 0.966 bits per heavy atom. The Morgan fingerprint density at radius 3 is 1.28 bits per heavy atom. The van der Waals surface area contributed by atoms with Gasteiger partial charge in [0.15, 0.2) is 0 Å². The first-order valence-corrected chi connectivity index (χ1v) is 19.1. The first kappa shape index (κ1) is 42.7. The molecule has 0 saturated carbocycles. The van der Waals surface area contributed by atoms with E-state index in [1.54, 1.807) is 26.4 Å². The Bertz CT molecular complexity index is 1880. The highest BCUT2D eigenvalue weighted by molar-refractivity contribution is 5.92. The SMILES string of the molecule is COc1cccc(C(Cc2ccc(N(C)C)cc2)N(CCN2CC(=O)N(CCN(C(=O)O)C(Cc3ccc(N(C)C)cc3)c3cccc(OC)c3)CC2=O)C(=O)O)c1. The van der Waals surface area contributed by atoms with Crippen molar-refractivity contribution in [1.29, 1.82) is 0 Å². The Labute approximate surface area is 340 Å². The zero-order chi connectivity index (χ0) is 41.9. The maximum atomic E-state index is 13.6. The molecular weight excluding hydrogens is 741 g/mol. The fraction of sp³-hybridized carbons (Fsp3) is 0.364. The van der Waals surface area contributed by atoms with E-state index < -0.39 is 24.3 Å². The van der Waals surface area contributed by atoms with Crippen LogP contribution in [0.4, 0.5) is 21.0 Å². The molecule has 4 aromatic carbocycles. The summed E-state index contributed by atoms with van der Waals surface area (Å²) in [5.41, 5.74) is 5.33. The second kappa shape index (κ2) is 19.6. The van der Waals surface area contributed by atoms with Gasteiger partial charge in [-0.05, 0) is 83.6 Å². The Hall–Kier alpha value is -6.44. The van der Waals surface area contributed by atoms with Crippen LogP contribution in [0.3, 0.4) is 0 Å². The monoisotopic (exact) mass is 794 g/mol. The predicted octanol–water partition coefficient (Wildman–Crippen LogP) is 5.73. The summed E-state index contributed by atoms with van der Waals surface area (Å²) in [5.74, 6) is 0.467. The van der Waals surface area contributed by atoms with Gasteiger partial charge in [-0.1, -0.05) is 48.5 Å². The minimum absolute atomic E-state index is 0.00345. The highest BCUT2D eigenvalue weighted by atomic mass is 16.5. The molecule has 58 heavy (non-hydrogen) atoms. The van der Waals surface area contributed by atoms with Crippen LogP contribution in [0.5, 0.6) is 11.5 Å². The molecule has 1 aliphatic rings. The molecule has 0 aromatic heterocycles. The summed E-state index contributed by atoms with van der Waals surface area (Å²) in [6.45, 7) is -0.612. The molecule has 0 bridgehead atoms. The maximum absolute atomic E-state index is 13.6. The molecule has 0 aliphatic carbocycles. The highest BCUT2D eigenvalue weighted by Gasteiger charge is 2.34. The normalized spacial score (nSPS) is 13.8. The van der Waals surface area contributed by atoms with Crippen LogP contribution >= 0.6 is 0 Å². The van der Waals surface area contributed by atoms with Gasteiger partial charge in [-0.2, -0.15) is 0 Å². The van der Waals surface area contributed by atoms with Gasteiger partial charge in [0, 0.05) is 65.7 Å². The Balaban J connectivity index is 1.29. The van der Waals surface area contributed by atoms with Crippen molar-refractivity contribution in [2.45, 2.75) is 24.9 Å². The third-order valence-corrected chi connectivity index (χ3v) is 10.5. The average Bonchev–Trinajstić information content (AvgIpc) is 3.21. The van der Waals surface area contributed by atoms with Crippen LogP contribution in [0.2, 0.25) is 0 Å². The number of hydrogen-bond donors (Lipinski definition) is 2. The third-order valence-electron chi connectivity index (χ3n) is 10.5. The Morgan fingerprint density at radius 1 is 0.603 bits per heavy atom. The second-order valence-electron chi connectivity index (χ2n) is 14.7. The van der Waals surface area contributed by atoms with Crippen molar-refractivity contribution < 1.29 is 38.9 Å². The van der Waals surface area contributed by atoms with E-state index in [-0.39, 0.29) is 51.1 Å². The van der Waals surface area contributed by atoms with Crippen LogP contribution in [-0.4, -0.2) is 135 Å². The zero-order valence-electron chi connectivity index (χ0n) is 34.1. The quantitative estimate of drug-likeness (QED) is 0.128. The molecule has 2 N–H and O–H groups in total. The number of carbonyl (C=O) groups is 4. The highest BCUT2D eigenvalue weighted by Crippen LogP contribution is 2.31. The van der Waals surface area contributed by atoms with Crippen molar-refractivity contribution >= 4 is 35.4 Å². The number of benzene rings is 4. The molecule has 2 unspecified atom stereocenters. The molecule has 14 heteroatoms. The topological polar surface area (TPSA) is 147 Å².